The molecule has 4 aromatic rings. The fourth-order valence-electron chi connectivity index (χ4n) is 4.86. The summed E-state index contributed by atoms with van der Waals surface area (Å²) in [5.74, 6) is -1.71. The lowest BCUT2D eigenvalue weighted by Gasteiger charge is -2.32. The number of rotatable bonds is 6. The number of benzene rings is 3. The molecule has 0 bridgehead atoms. The first kappa shape index (κ1) is 28.0. The second kappa shape index (κ2) is 11.9. The van der Waals surface area contributed by atoms with Crippen molar-refractivity contribution in [1.82, 2.24) is 15.2 Å². The van der Waals surface area contributed by atoms with Crippen molar-refractivity contribution in [3.8, 4) is 33.0 Å². The molecular formula is C30H25Cl2N3O4S. The van der Waals surface area contributed by atoms with Gasteiger partial charge in [0.05, 0.1) is 21.3 Å². The quantitative estimate of drug-likeness (QED) is 0.252. The van der Waals surface area contributed by atoms with E-state index < -0.39 is 5.97 Å². The van der Waals surface area contributed by atoms with Gasteiger partial charge in [-0.1, -0.05) is 53.5 Å². The summed E-state index contributed by atoms with van der Waals surface area (Å²) in [6.07, 6.45) is 1.43. The predicted octanol–water partition coefficient (Wildman–Crippen LogP) is 6.89. The number of nitrogens with zero attached hydrogens (tertiary/aromatic N) is 2. The zero-order valence-corrected chi connectivity index (χ0v) is 23.8. The molecule has 0 aliphatic carbocycles. The number of thiazole rings is 1. The van der Waals surface area contributed by atoms with Gasteiger partial charge in [0.1, 0.15) is 5.01 Å². The van der Waals surface area contributed by atoms with Crippen LogP contribution in [-0.2, 0) is 4.79 Å². The molecule has 1 fully saturated rings. The minimum Gasteiger partial charge on any atom is -0.478 e. The van der Waals surface area contributed by atoms with Crippen molar-refractivity contribution in [2.24, 2.45) is 0 Å². The highest BCUT2D eigenvalue weighted by Crippen LogP contribution is 2.35. The van der Waals surface area contributed by atoms with Gasteiger partial charge in [0, 0.05) is 35.0 Å². The van der Waals surface area contributed by atoms with Gasteiger partial charge in [-0.15, -0.1) is 11.3 Å². The molecule has 204 valence electrons. The second-order valence-corrected chi connectivity index (χ2v) is 11.2. The number of imide groups is 1. The van der Waals surface area contributed by atoms with Gasteiger partial charge in [-0.05, 0) is 67.4 Å². The van der Waals surface area contributed by atoms with Crippen LogP contribution in [0.5, 0.6) is 0 Å². The van der Waals surface area contributed by atoms with Crippen LogP contribution in [0.1, 0.15) is 40.5 Å². The molecule has 1 aromatic heterocycles. The monoisotopic (exact) mass is 593 g/mol. The Morgan fingerprint density at radius 1 is 0.925 bits per heavy atom. The molecule has 10 heteroatoms. The van der Waals surface area contributed by atoms with Crippen LogP contribution in [0.3, 0.4) is 0 Å². The Bertz CT molecular complexity index is 1600. The van der Waals surface area contributed by atoms with Gasteiger partial charge < -0.3 is 10.4 Å². The van der Waals surface area contributed by atoms with E-state index in [1.807, 2.05) is 17.5 Å². The lowest BCUT2D eigenvalue weighted by atomic mass is 9.96. The van der Waals surface area contributed by atoms with E-state index in [1.165, 1.54) is 23.2 Å². The number of carboxylic acid groups (broad SMARTS) is 1. The molecule has 1 aliphatic heterocycles. The topological polar surface area (TPSA) is 99.6 Å². The highest BCUT2D eigenvalue weighted by molar-refractivity contribution is 7.13. The molecule has 2 heterocycles. The molecule has 0 atom stereocenters. The van der Waals surface area contributed by atoms with Crippen molar-refractivity contribution in [1.29, 1.82) is 0 Å². The fraction of sp³-hybridized carbons (Fsp3) is 0.200. The number of amides is 2. The zero-order valence-electron chi connectivity index (χ0n) is 21.5. The van der Waals surface area contributed by atoms with E-state index in [1.54, 1.807) is 48.5 Å². The van der Waals surface area contributed by atoms with E-state index in [-0.39, 0.29) is 23.4 Å². The van der Waals surface area contributed by atoms with Crippen molar-refractivity contribution < 1.29 is 19.5 Å². The average Bonchev–Trinajstić information content (AvgIpc) is 3.45. The van der Waals surface area contributed by atoms with Crippen LogP contribution in [0.4, 0.5) is 0 Å². The molecule has 5 rings (SSSR count). The van der Waals surface area contributed by atoms with Gasteiger partial charge in [-0.2, -0.15) is 0 Å². The van der Waals surface area contributed by atoms with E-state index in [4.69, 9.17) is 23.2 Å². The molecule has 0 spiro atoms. The Kier molecular flexibility index (Phi) is 8.32. The third-order valence-corrected chi connectivity index (χ3v) is 8.52. The number of hydrogen-bond donors (Lipinski definition) is 2. The summed E-state index contributed by atoms with van der Waals surface area (Å²) in [7, 11) is 0. The molecule has 2 amide bonds. The number of aromatic nitrogens is 1. The van der Waals surface area contributed by atoms with Gasteiger partial charge in [-0.25, -0.2) is 9.78 Å². The fourth-order valence-corrected chi connectivity index (χ4v) is 5.99. The Labute approximate surface area is 245 Å². The molecule has 0 saturated carbocycles. The van der Waals surface area contributed by atoms with Crippen molar-refractivity contribution >= 4 is 52.3 Å². The highest BCUT2D eigenvalue weighted by atomic mass is 35.5. The number of carbonyl (C=O) groups is 3. The van der Waals surface area contributed by atoms with Gasteiger partial charge in [0.15, 0.2) is 0 Å². The normalized spacial score (nSPS) is 13.7. The molecule has 40 heavy (non-hydrogen) atoms. The van der Waals surface area contributed by atoms with Crippen LogP contribution in [0.15, 0.2) is 66.0 Å². The molecule has 0 radical (unpaired) electrons. The maximum Gasteiger partial charge on any atom is 0.336 e. The second-order valence-electron chi connectivity index (χ2n) is 9.48. The van der Waals surface area contributed by atoms with Crippen LogP contribution < -0.4 is 5.32 Å². The number of piperidine rings is 1. The molecule has 7 nitrogen and oxygen atoms in total. The molecule has 3 aromatic carbocycles. The van der Waals surface area contributed by atoms with Crippen molar-refractivity contribution in [2.45, 2.75) is 25.8 Å². The minimum absolute atomic E-state index is 0.114. The largest absolute Gasteiger partial charge is 0.478 e. The van der Waals surface area contributed by atoms with E-state index in [0.717, 1.165) is 18.7 Å². The lowest BCUT2D eigenvalue weighted by Crippen LogP contribution is -2.48. The van der Waals surface area contributed by atoms with E-state index in [9.17, 15) is 19.5 Å². The highest BCUT2D eigenvalue weighted by Gasteiger charge is 2.29. The van der Waals surface area contributed by atoms with Gasteiger partial charge in [0.2, 0.25) is 5.91 Å². The maximum atomic E-state index is 13.2. The van der Waals surface area contributed by atoms with E-state index in [2.05, 4.69) is 10.3 Å². The third-order valence-electron chi connectivity index (χ3n) is 6.89. The molecule has 1 aliphatic rings. The third kappa shape index (κ3) is 5.81. The number of carbonyl (C=O) groups excluding carboxylic acids is 2. The summed E-state index contributed by atoms with van der Waals surface area (Å²) >= 11 is 13.6. The molecule has 2 N–H and O–H groups in total. The minimum atomic E-state index is -1.08. The SMILES string of the molecule is CC(=O)N(C(=O)c1ccc(-c2ccc(-c3nc(-c4ccc(Cl)c(Cl)c4)cs3)cc2C(=O)O)cc1)C1CCNCC1. The summed E-state index contributed by atoms with van der Waals surface area (Å²) in [6, 6.07) is 17.0. The zero-order chi connectivity index (χ0) is 28.4. The van der Waals surface area contributed by atoms with Crippen molar-refractivity contribution in [2.75, 3.05) is 13.1 Å². The number of hydrogen-bond acceptors (Lipinski definition) is 6. The summed E-state index contributed by atoms with van der Waals surface area (Å²) in [6.45, 7) is 2.92. The maximum absolute atomic E-state index is 13.2. The van der Waals surface area contributed by atoms with Crippen molar-refractivity contribution in [3.05, 3.63) is 87.2 Å². The summed E-state index contributed by atoms with van der Waals surface area (Å²) in [5.41, 5.74) is 3.84. The summed E-state index contributed by atoms with van der Waals surface area (Å²) in [5, 5.41) is 16.7. The van der Waals surface area contributed by atoms with Gasteiger partial charge >= 0.3 is 5.97 Å². The number of halogens is 2. The first-order valence-corrected chi connectivity index (χ1v) is 14.3. The smallest absolute Gasteiger partial charge is 0.336 e. The number of carboxylic acids is 1. The number of nitrogens with one attached hydrogen (secondary N) is 1. The average molecular weight is 595 g/mol. The van der Waals surface area contributed by atoms with Gasteiger partial charge in [0.25, 0.3) is 5.91 Å². The summed E-state index contributed by atoms with van der Waals surface area (Å²) < 4.78 is 0. The van der Waals surface area contributed by atoms with E-state index in [0.29, 0.717) is 55.8 Å². The van der Waals surface area contributed by atoms with Crippen LogP contribution in [0.25, 0.3) is 33.0 Å². The molecule has 1 saturated heterocycles. The van der Waals surface area contributed by atoms with Crippen LogP contribution >= 0.6 is 34.5 Å². The summed E-state index contributed by atoms with van der Waals surface area (Å²) in [4.78, 5) is 43.8. The van der Waals surface area contributed by atoms with Crippen molar-refractivity contribution in [3.63, 3.8) is 0 Å². The predicted molar refractivity (Wildman–Crippen MR) is 158 cm³/mol. The molecule has 0 unspecified atom stereocenters. The van der Waals surface area contributed by atoms with Crippen LogP contribution in [0, 0.1) is 0 Å². The Balaban J connectivity index is 1.41. The van der Waals surface area contributed by atoms with Gasteiger partial charge in [-0.3, -0.25) is 14.5 Å². The standard InChI is InChI=1S/C30H25Cl2N3O4S/c1-17(36)35(22-10-12-33-13-11-22)29(37)19-4-2-18(3-5-19)23-8-6-21(14-24(23)30(38)39)28-34-27(16-40-28)20-7-9-25(31)26(32)15-20/h2-9,14-16,22,33H,10-13H2,1H3,(H,38,39). The first-order valence-electron chi connectivity index (χ1n) is 12.7. The van der Waals surface area contributed by atoms with E-state index >= 15 is 0 Å². The van der Waals surface area contributed by atoms with Crippen LogP contribution in [0.2, 0.25) is 10.0 Å². The van der Waals surface area contributed by atoms with Crippen LogP contribution in [-0.4, -0.2) is 51.9 Å². The molecular weight excluding hydrogens is 569 g/mol. The Morgan fingerprint density at radius 3 is 2.25 bits per heavy atom. The lowest BCUT2D eigenvalue weighted by molar-refractivity contribution is -0.128. The Hall–Kier alpha value is -3.56. The Morgan fingerprint density at radius 2 is 1.60 bits per heavy atom. The number of aromatic carboxylic acids is 1. The first-order chi connectivity index (χ1) is 19.2.